The van der Waals surface area contributed by atoms with Gasteiger partial charge in [0.25, 0.3) is 5.56 Å². The topological polar surface area (TPSA) is 69.9 Å². The minimum absolute atomic E-state index is 0.149. The number of aromatic nitrogens is 1. The predicted molar refractivity (Wildman–Crippen MR) is 90.7 cm³/mol. The third-order valence-corrected chi connectivity index (χ3v) is 4.69. The fourth-order valence-corrected chi connectivity index (χ4v) is 3.63. The lowest BCUT2D eigenvalue weighted by Gasteiger charge is -2.16. The van der Waals surface area contributed by atoms with Crippen molar-refractivity contribution in [3.8, 4) is 23.0 Å². The fourth-order valence-electron chi connectivity index (χ4n) is 3.63. The highest BCUT2D eigenvalue weighted by Gasteiger charge is 2.26. The number of pyridine rings is 1. The molecule has 0 amide bonds. The van der Waals surface area contributed by atoms with E-state index in [0.717, 1.165) is 22.9 Å². The Morgan fingerprint density at radius 1 is 1.04 bits per heavy atom. The van der Waals surface area contributed by atoms with E-state index < -0.39 is 0 Å². The standard InChI is InChI=1S/C18H17NO5/c1-22-11-5-4-10-13-15-9(8-12(23-2)17(13)24-3)6-7-19(15)18(21)14(10)16(11)20/h4-5,8,20H,6-7H2,1-3H3. The van der Waals surface area contributed by atoms with Crippen LogP contribution >= 0.6 is 0 Å². The summed E-state index contributed by atoms with van der Waals surface area (Å²) in [6.07, 6.45) is 0.736. The van der Waals surface area contributed by atoms with Crippen LogP contribution in [0.15, 0.2) is 23.0 Å². The molecule has 24 heavy (non-hydrogen) atoms. The summed E-state index contributed by atoms with van der Waals surface area (Å²) in [4.78, 5) is 12.9. The number of hydrogen-bond acceptors (Lipinski definition) is 5. The molecule has 0 fully saturated rings. The van der Waals surface area contributed by atoms with Gasteiger partial charge in [0.05, 0.1) is 37.6 Å². The number of rotatable bonds is 3. The summed E-state index contributed by atoms with van der Waals surface area (Å²) in [5, 5.41) is 12.1. The smallest absolute Gasteiger partial charge is 0.262 e. The van der Waals surface area contributed by atoms with Crippen molar-refractivity contribution in [2.45, 2.75) is 13.0 Å². The summed E-state index contributed by atoms with van der Waals surface area (Å²) in [5.41, 5.74) is 1.66. The van der Waals surface area contributed by atoms with Crippen LogP contribution < -0.4 is 19.8 Å². The highest BCUT2D eigenvalue weighted by atomic mass is 16.5. The molecule has 6 nitrogen and oxygen atoms in total. The minimum Gasteiger partial charge on any atom is -0.504 e. The monoisotopic (exact) mass is 327 g/mol. The second-order valence-corrected chi connectivity index (χ2v) is 5.74. The molecule has 2 heterocycles. The average Bonchev–Trinajstić information content (AvgIpc) is 3.02. The van der Waals surface area contributed by atoms with Crippen molar-refractivity contribution in [1.82, 2.24) is 4.57 Å². The van der Waals surface area contributed by atoms with Gasteiger partial charge in [0.15, 0.2) is 23.0 Å². The van der Waals surface area contributed by atoms with Gasteiger partial charge < -0.3 is 23.9 Å². The first-order valence-corrected chi connectivity index (χ1v) is 7.62. The quantitative estimate of drug-likeness (QED) is 0.748. The van der Waals surface area contributed by atoms with Crippen LogP contribution in [-0.4, -0.2) is 31.0 Å². The number of aromatic hydroxyl groups is 1. The Bertz CT molecular complexity index is 1050. The number of ether oxygens (including phenoxy) is 3. The van der Waals surface area contributed by atoms with Gasteiger partial charge in [-0.25, -0.2) is 0 Å². The lowest BCUT2D eigenvalue weighted by Crippen LogP contribution is -2.18. The Morgan fingerprint density at radius 2 is 1.79 bits per heavy atom. The molecular formula is C18H17NO5. The highest BCUT2D eigenvalue weighted by Crippen LogP contribution is 2.45. The summed E-state index contributed by atoms with van der Waals surface area (Å²) in [6.45, 7) is 0.563. The molecule has 6 heteroatoms. The first-order chi connectivity index (χ1) is 11.6. The lowest BCUT2D eigenvalue weighted by molar-refractivity contribution is 0.358. The molecule has 0 unspecified atom stereocenters. The number of phenolic OH excluding ortho intramolecular Hbond substituents is 1. The van der Waals surface area contributed by atoms with Crippen molar-refractivity contribution in [2.24, 2.45) is 0 Å². The number of fused-ring (bicyclic) bond motifs is 2. The molecule has 0 atom stereocenters. The summed E-state index contributed by atoms with van der Waals surface area (Å²) in [7, 11) is 4.61. The Hall–Kier alpha value is -2.89. The van der Waals surface area contributed by atoms with Crippen LogP contribution in [0.25, 0.3) is 21.7 Å². The van der Waals surface area contributed by atoms with Gasteiger partial charge in [-0.15, -0.1) is 0 Å². The maximum absolute atomic E-state index is 12.9. The molecule has 0 aliphatic carbocycles. The molecule has 2 aromatic carbocycles. The van der Waals surface area contributed by atoms with Crippen LogP contribution in [0.4, 0.5) is 0 Å². The predicted octanol–water partition coefficient (Wildman–Crippen LogP) is 2.44. The van der Waals surface area contributed by atoms with Gasteiger partial charge in [-0.3, -0.25) is 4.79 Å². The number of aryl methyl sites for hydroxylation is 2. The Morgan fingerprint density at radius 3 is 2.46 bits per heavy atom. The van der Waals surface area contributed by atoms with Crippen molar-refractivity contribution in [1.29, 1.82) is 0 Å². The van der Waals surface area contributed by atoms with E-state index in [0.29, 0.717) is 23.4 Å². The van der Waals surface area contributed by atoms with E-state index in [9.17, 15) is 9.90 Å². The Kier molecular flexibility index (Phi) is 3.09. The normalized spacial score (nSPS) is 12.8. The van der Waals surface area contributed by atoms with Crippen molar-refractivity contribution in [2.75, 3.05) is 21.3 Å². The second kappa shape index (κ2) is 5.06. The highest BCUT2D eigenvalue weighted by molar-refractivity contribution is 6.13. The first kappa shape index (κ1) is 14.7. The minimum atomic E-state index is -0.222. The van der Waals surface area contributed by atoms with Crippen LogP contribution in [0.3, 0.4) is 0 Å². The lowest BCUT2D eigenvalue weighted by atomic mass is 10.0. The van der Waals surface area contributed by atoms with Crippen molar-refractivity contribution in [3.05, 3.63) is 34.1 Å². The van der Waals surface area contributed by atoms with Gasteiger partial charge in [0.2, 0.25) is 0 Å². The Balaban J connectivity index is 2.34. The molecule has 4 rings (SSSR count). The van der Waals surface area contributed by atoms with Gasteiger partial charge in [0, 0.05) is 11.9 Å². The molecule has 0 saturated carbocycles. The molecule has 0 bridgehead atoms. The summed E-state index contributed by atoms with van der Waals surface area (Å²) in [6, 6.07) is 5.34. The van der Waals surface area contributed by atoms with Crippen LogP contribution in [-0.2, 0) is 13.0 Å². The van der Waals surface area contributed by atoms with E-state index in [1.807, 2.05) is 6.07 Å². The van der Waals surface area contributed by atoms with E-state index in [1.54, 1.807) is 30.9 Å². The maximum Gasteiger partial charge on any atom is 0.262 e. The molecule has 0 saturated heterocycles. The average molecular weight is 327 g/mol. The van der Waals surface area contributed by atoms with E-state index >= 15 is 0 Å². The molecule has 0 spiro atoms. The van der Waals surface area contributed by atoms with E-state index in [2.05, 4.69) is 0 Å². The molecular weight excluding hydrogens is 310 g/mol. The largest absolute Gasteiger partial charge is 0.504 e. The molecule has 1 N–H and O–H groups in total. The molecule has 1 aliphatic rings. The van der Waals surface area contributed by atoms with Crippen molar-refractivity contribution in [3.63, 3.8) is 0 Å². The van der Waals surface area contributed by atoms with E-state index in [-0.39, 0.29) is 22.4 Å². The number of phenols is 1. The van der Waals surface area contributed by atoms with E-state index in [4.69, 9.17) is 14.2 Å². The van der Waals surface area contributed by atoms with Crippen LogP contribution in [0.1, 0.15) is 5.56 Å². The maximum atomic E-state index is 12.9. The number of methoxy groups -OCH3 is 3. The van der Waals surface area contributed by atoms with Gasteiger partial charge in [-0.2, -0.15) is 0 Å². The SMILES string of the molecule is COc1ccc2c(c1O)c(=O)n1c3c(cc(OC)c(OC)c23)CC1. The number of hydrogen-bond donors (Lipinski definition) is 1. The molecule has 124 valence electrons. The second-order valence-electron chi connectivity index (χ2n) is 5.74. The molecule has 1 aromatic heterocycles. The van der Waals surface area contributed by atoms with Gasteiger partial charge in [0.1, 0.15) is 0 Å². The number of benzene rings is 2. The third kappa shape index (κ3) is 1.68. The molecule has 0 radical (unpaired) electrons. The van der Waals surface area contributed by atoms with E-state index in [1.165, 1.54) is 7.11 Å². The zero-order valence-electron chi connectivity index (χ0n) is 13.7. The fraction of sp³-hybridized carbons (Fsp3) is 0.278. The molecule has 1 aliphatic heterocycles. The summed E-state index contributed by atoms with van der Waals surface area (Å²) in [5.74, 6) is 1.29. The van der Waals surface area contributed by atoms with Gasteiger partial charge in [-0.1, -0.05) is 0 Å². The van der Waals surface area contributed by atoms with Gasteiger partial charge >= 0.3 is 0 Å². The van der Waals surface area contributed by atoms with Gasteiger partial charge in [-0.05, 0) is 30.2 Å². The summed E-state index contributed by atoms with van der Waals surface area (Å²) < 4.78 is 17.9. The van der Waals surface area contributed by atoms with Crippen molar-refractivity contribution < 1.29 is 19.3 Å². The molecule has 3 aromatic rings. The Labute approximate surface area is 137 Å². The van der Waals surface area contributed by atoms with Crippen LogP contribution in [0.2, 0.25) is 0 Å². The van der Waals surface area contributed by atoms with Crippen LogP contribution in [0, 0.1) is 0 Å². The third-order valence-electron chi connectivity index (χ3n) is 4.69. The first-order valence-electron chi connectivity index (χ1n) is 7.62. The number of nitrogens with zero attached hydrogens (tertiary/aromatic N) is 1. The van der Waals surface area contributed by atoms with Crippen LogP contribution in [0.5, 0.6) is 23.0 Å². The zero-order chi connectivity index (χ0) is 17.0. The van der Waals surface area contributed by atoms with Crippen molar-refractivity contribution >= 4 is 21.7 Å². The summed E-state index contributed by atoms with van der Waals surface area (Å²) >= 11 is 0. The zero-order valence-corrected chi connectivity index (χ0v) is 13.7.